The van der Waals surface area contributed by atoms with Crippen molar-refractivity contribution in [3.63, 3.8) is 0 Å². The monoisotopic (exact) mass is 280 g/mol. The molecule has 1 unspecified atom stereocenters. The van der Waals surface area contributed by atoms with Crippen molar-refractivity contribution in [1.29, 1.82) is 0 Å². The first kappa shape index (κ1) is 18.0. The largest absolute Gasteiger partial charge is 0.681 e. The zero-order chi connectivity index (χ0) is 14.1. The maximum Gasteiger partial charge on any atom is 0.681 e. The average molecular weight is 280 g/mol. The Morgan fingerprint density at radius 1 is 0.944 bits per heavy atom. The fourth-order valence-electron chi connectivity index (χ4n) is 1.54. The van der Waals surface area contributed by atoms with Gasteiger partial charge in [0.15, 0.2) is 0 Å². The van der Waals surface area contributed by atoms with E-state index in [0.29, 0.717) is 39.2 Å². The summed E-state index contributed by atoms with van der Waals surface area (Å²) < 4.78 is 22.7. The van der Waals surface area contributed by atoms with Crippen LogP contribution in [0.25, 0.3) is 0 Å². The molecule has 0 amide bonds. The summed E-state index contributed by atoms with van der Waals surface area (Å²) in [4.78, 5) is 0. The van der Waals surface area contributed by atoms with E-state index in [2.05, 4.69) is 0 Å². The molecule has 0 aliphatic rings. The minimum Gasteiger partial charge on any atom is -0.351 e. The summed E-state index contributed by atoms with van der Waals surface area (Å²) in [5.74, 6) is 0. The molecule has 4 N–H and O–H groups in total. The lowest BCUT2D eigenvalue weighted by Crippen LogP contribution is -2.59. The van der Waals surface area contributed by atoms with Gasteiger partial charge in [-0.25, -0.2) is 0 Å². The molecule has 0 saturated heterocycles. The minimum atomic E-state index is -3.17. The number of rotatable bonds is 11. The summed E-state index contributed by atoms with van der Waals surface area (Å²) in [5, 5.41) is 0. The standard InChI is InChI=1S/C11H28N2O4Si/c1-5-11(13,9-10-12)17-18(14-6-2,15-7-3)16-8-4/h5-10,12-13H2,1-4H3. The maximum absolute atomic E-state index is 6.18. The van der Waals surface area contributed by atoms with Gasteiger partial charge < -0.3 is 29.2 Å². The first-order chi connectivity index (χ1) is 8.51. The van der Waals surface area contributed by atoms with Gasteiger partial charge in [-0.15, -0.1) is 0 Å². The van der Waals surface area contributed by atoms with Crippen LogP contribution in [0.2, 0.25) is 0 Å². The Kier molecular flexibility index (Phi) is 8.96. The van der Waals surface area contributed by atoms with Crippen LogP contribution in [0.5, 0.6) is 0 Å². The molecular weight excluding hydrogens is 252 g/mol. The molecular formula is C11H28N2O4Si. The van der Waals surface area contributed by atoms with Crippen molar-refractivity contribution in [1.82, 2.24) is 0 Å². The molecule has 0 aliphatic carbocycles. The third-order valence-corrected chi connectivity index (χ3v) is 5.04. The van der Waals surface area contributed by atoms with Crippen LogP contribution in [0.1, 0.15) is 40.5 Å². The highest BCUT2D eigenvalue weighted by atomic mass is 28.4. The number of hydrogen-bond donors (Lipinski definition) is 2. The summed E-state index contributed by atoms with van der Waals surface area (Å²) in [6, 6.07) is 0. The smallest absolute Gasteiger partial charge is 0.351 e. The van der Waals surface area contributed by atoms with Gasteiger partial charge in [-0.2, -0.15) is 0 Å². The number of hydrogen-bond acceptors (Lipinski definition) is 6. The Balaban J connectivity index is 4.91. The van der Waals surface area contributed by atoms with E-state index in [0.717, 1.165) is 0 Å². The van der Waals surface area contributed by atoms with Gasteiger partial charge in [0.1, 0.15) is 5.72 Å². The van der Waals surface area contributed by atoms with Crippen LogP contribution in [0.3, 0.4) is 0 Å². The quantitative estimate of drug-likeness (QED) is 0.433. The first-order valence-electron chi connectivity index (χ1n) is 6.62. The molecule has 0 saturated carbocycles. The highest BCUT2D eigenvalue weighted by molar-refractivity contribution is 6.53. The van der Waals surface area contributed by atoms with Crippen LogP contribution in [0.15, 0.2) is 0 Å². The van der Waals surface area contributed by atoms with E-state index in [1.165, 1.54) is 0 Å². The fourth-order valence-corrected chi connectivity index (χ4v) is 3.77. The van der Waals surface area contributed by atoms with Crippen molar-refractivity contribution in [3.8, 4) is 0 Å². The molecule has 18 heavy (non-hydrogen) atoms. The molecule has 0 aliphatic heterocycles. The van der Waals surface area contributed by atoms with Crippen LogP contribution in [0.4, 0.5) is 0 Å². The predicted octanol–water partition coefficient (Wildman–Crippen LogP) is 0.962. The summed E-state index contributed by atoms with van der Waals surface area (Å²) in [5.41, 5.74) is 10.9. The minimum absolute atomic E-state index is 0.444. The average Bonchev–Trinajstić information content (AvgIpc) is 2.30. The maximum atomic E-state index is 6.18. The second-order valence-corrected chi connectivity index (χ2v) is 5.93. The van der Waals surface area contributed by atoms with Gasteiger partial charge in [-0.3, -0.25) is 0 Å². The number of nitrogens with two attached hydrogens (primary N) is 2. The van der Waals surface area contributed by atoms with Gasteiger partial charge in [0.05, 0.1) is 0 Å². The molecule has 0 aromatic heterocycles. The van der Waals surface area contributed by atoms with Gasteiger partial charge in [-0.05, 0) is 33.7 Å². The van der Waals surface area contributed by atoms with E-state index in [1.54, 1.807) is 0 Å². The van der Waals surface area contributed by atoms with Gasteiger partial charge in [0.2, 0.25) is 0 Å². The van der Waals surface area contributed by atoms with Crippen molar-refractivity contribution in [2.75, 3.05) is 26.4 Å². The molecule has 1 atom stereocenters. The summed E-state index contributed by atoms with van der Waals surface area (Å²) >= 11 is 0. The molecule has 6 nitrogen and oxygen atoms in total. The van der Waals surface area contributed by atoms with E-state index in [4.69, 9.17) is 29.2 Å². The van der Waals surface area contributed by atoms with Crippen molar-refractivity contribution in [2.24, 2.45) is 11.5 Å². The zero-order valence-corrected chi connectivity index (χ0v) is 13.0. The van der Waals surface area contributed by atoms with Gasteiger partial charge in [0, 0.05) is 26.2 Å². The third-order valence-electron chi connectivity index (χ3n) is 2.46. The molecule has 0 fully saturated rings. The highest BCUT2D eigenvalue weighted by Crippen LogP contribution is 2.22. The predicted molar refractivity (Wildman–Crippen MR) is 72.6 cm³/mol. The summed E-state index contributed by atoms with van der Waals surface area (Å²) in [6.45, 7) is 9.36. The van der Waals surface area contributed by atoms with Crippen LogP contribution >= 0.6 is 0 Å². The van der Waals surface area contributed by atoms with Crippen molar-refractivity contribution in [3.05, 3.63) is 0 Å². The SMILES string of the molecule is CCO[Si](OCC)(OCC)OC(N)(CC)CCN. The Morgan fingerprint density at radius 3 is 1.67 bits per heavy atom. The Hall–Kier alpha value is -0.0231. The molecule has 110 valence electrons. The van der Waals surface area contributed by atoms with E-state index in [1.807, 2.05) is 27.7 Å². The van der Waals surface area contributed by atoms with Crippen LogP contribution in [0, 0.1) is 0 Å². The van der Waals surface area contributed by atoms with Crippen molar-refractivity contribution >= 4 is 9.05 Å². The molecule has 0 bridgehead atoms. The van der Waals surface area contributed by atoms with Gasteiger partial charge >= 0.3 is 9.05 Å². The van der Waals surface area contributed by atoms with Crippen LogP contribution < -0.4 is 11.5 Å². The molecule has 0 spiro atoms. The lowest BCUT2D eigenvalue weighted by atomic mass is 10.1. The van der Waals surface area contributed by atoms with Gasteiger partial charge in [-0.1, -0.05) is 6.92 Å². The van der Waals surface area contributed by atoms with Crippen molar-refractivity contribution < 1.29 is 17.7 Å². The second-order valence-electron chi connectivity index (χ2n) is 3.86. The zero-order valence-electron chi connectivity index (χ0n) is 12.0. The molecule has 0 aromatic carbocycles. The molecule has 7 heteroatoms. The van der Waals surface area contributed by atoms with E-state index in [9.17, 15) is 0 Å². The first-order valence-corrected chi connectivity index (χ1v) is 8.25. The van der Waals surface area contributed by atoms with Crippen LogP contribution in [-0.2, 0) is 17.7 Å². The third kappa shape index (κ3) is 5.74. The lowest BCUT2D eigenvalue weighted by molar-refractivity contribution is -0.0920. The molecule has 0 heterocycles. The molecule has 0 rings (SSSR count). The topological polar surface area (TPSA) is 89.0 Å². The Morgan fingerprint density at radius 2 is 1.39 bits per heavy atom. The Labute approximate surface area is 111 Å². The molecule has 0 radical (unpaired) electrons. The second kappa shape index (κ2) is 8.97. The summed E-state index contributed by atoms with van der Waals surface area (Å²) in [7, 11) is -3.17. The lowest BCUT2D eigenvalue weighted by Gasteiger charge is -2.36. The van der Waals surface area contributed by atoms with E-state index in [-0.39, 0.29) is 0 Å². The normalized spacial score (nSPS) is 15.7. The summed E-state index contributed by atoms with van der Waals surface area (Å²) in [6.07, 6.45) is 1.15. The van der Waals surface area contributed by atoms with E-state index >= 15 is 0 Å². The molecule has 0 aromatic rings. The van der Waals surface area contributed by atoms with Gasteiger partial charge in [0.25, 0.3) is 0 Å². The van der Waals surface area contributed by atoms with Crippen LogP contribution in [-0.4, -0.2) is 41.1 Å². The van der Waals surface area contributed by atoms with E-state index < -0.39 is 14.8 Å². The fraction of sp³-hybridized carbons (Fsp3) is 1.00. The van der Waals surface area contributed by atoms with Crippen molar-refractivity contribution in [2.45, 2.75) is 46.3 Å². The highest BCUT2D eigenvalue weighted by Gasteiger charge is 2.50. The Bertz CT molecular complexity index is 204.